The second-order valence-corrected chi connectivity index (χ2v) is 8.27. The number of hydrogen-bond acceptors (Lipinski definition) is 5. The number of hydrogen-bond donors (Lipinski definition) is 1. The molecule has 2 heterocycles. The quantitative estimate of drug-likeness (QED) is 0.586. The van der Waals surface area contributed by atoms with Gasteiger partial charge in [-0.3, -0.25) is 9.69 Å². The predicted octanol–water partition coefficient (Wildman–Crippen LogP) is 3.48. The summed E-state index contributed by atoms with van der Waals surface area (Å²) < 4.78 is 19.5. The molecule has 1 aliphatic heterocycles. The Kier molecular flexibility index (Phi) is 7.29. The van der Waals surface area contributed by atoms with Gasteiger partial charge in [0.05, 0.1) is 11.8 Å². The van der Waals surface area contributed by atoms with Crippen LogP contribution in [-0.4, -0.2) is 53.9 Å². The summed E-state index contributed by atoms with van der Waals surface area (Å²) >= 11 is 0. The predicted molar refractivity (Wildman–Crippen MR) is 121 cm³/mol. The number of halogens is 1. The van der Waals surface area contributed by atoms with Crippen LogP contribution in [0, 0.1) is 5.82 Å². The average Bonchev–Trinajstić information content (AvgIpc) is 3.27. The number of nitrogens with zero attached hydrogens (tertiary/aromatic N) is 3. The molecular formula is C25H29FN4O2. The molecule has 0 radical (unpaired) electrons. The Bertz CT molecular complexity index is 1040. The van der Waals surface area contributed by atoms with E-state index in [-0.39, 0.29) is 18.1 Å². The number of carbonyl (C=O) groups is 1. The standard InChI is InChI=1S/C25H29FN4O2/c1-29-11-13-30(14-12-29)18-20-6-4-5-19(15-20)16-27-24(31)9-10-25-28-17-23(32-25)21-7-2-3-8-22(21)26/h2-8,15,17H,9-14,16,18H2,1H3,(H,27,31). The average molecular weight is 437 g/mol. The normalized spacial score (nSPS) is 15.1. The third kappa shape index (κ3) is 6.02. The Hall–Kier alpha value is -3.03. The molecule has 6 nitrogen and oxygen atoms in total. The van der Waals surface area contributed by atoms with E-state index >= 15 is 0 Å². The zero-order chi connectivity index (χ0) is 22.3. The lowest BCUT2D eigenvalue weighted by molar-refractivity contribution is -0.121. The number of carbonyl (C=O) groups excluding carboxylic acids is 1. The molecule has 0 unspecified atom stereocenters. The molecule has 0 atom stereocenters. The number of aromatic nitrogens is 1. The van der Waals surface area contributed by atoms with Crippen LogP contribution in [0.5, 0.6) is 0 Å². The molecule has 168 valence electrons. The SMILES string of the molecule is CN1CCN(Cc2cccc(CNC(=O)CCc3ncc(-c4ccccc4F)o3)c2)CC1. The first-order chi connectivity index (χ1) is 15.6. The highest BCUT2D eigenvalue weighted by Gasteiger charge is 2.14. The van der Waals surface area contributed by atoms with Crippen molar-refractivity contribution in [1.29, 1.82) is 0 Å². The highest BCUT2D eigenvalue weighted by atomic mass is 19.1. The second-order valence-electron chi connectivity index (χ2n) is 8.27. The zero-order valence-corrected chi connectivity index (χ0v) is 18.4. The van der Waals surface area contributed by atoms with Gasteiger partial charge in [-0.25, -0.2) is 9.37 Å². The molecule has 0 aliphatic carbocycles. The molecule has 3 aromatic rings. The summed E-state index contributed by atoms with van der Waals surface area (Å²) in [5.74, 6) is 0.367. The summed E-state index contributed by atoms with van der Waals surface area (Å²) in [5.41, 5.74) is 2.72. The van der Waals surface area contributed by atoms with E-state index in [1.165, 1.54) is 17.8 Å². The van der Waals surface area contributed by atoms with Crippen molar-refractivity contribution in [3.8, 4) is 11.3 Å². The number of rotatable bonds is 8. The smallest absolute Gasteiger partial charge is 0.220 e. The summed E-state index contributed by atoms with van der Waals surface area (Å²) in [5, 5.41) is 2.96. The topological polar surface area (TPSA) is 61.6 Å². The number of likely N-dealkylation sites (N-methyl/N-ethyl adjacent to an activating group) is 1. The maximum Gasteiger partial charge on any atom is 0.220 e. The lowest BCUT2D eigenvalue weighted by atomic mass is 10.1. The van der Waals surface area contributed by atoms with Crippen LogP contribution in [0.25, 0.3) is 11.3 Å². The maximum atomic E-state index is 13.9. The molecule has 1 aromatic heterocycles. The minimum atomic E-state index is -0.359. The van der Waals surface area contributed by atoms with Crippen molar-refractivity contribution in [2.45, 2.75) is 25.9 Å². The van der Waals surface area contributed by atoms with E-state index in [4.69, 9.17) is 4.42 Å². The number of amides is 1. The van der Waals surface area contributed by atoms with Crippen LogP contribution in [0.4, 0.5) is 4.39 Å². The number of nitrogens with one attached hydrogen (secondary N) is 1. The molecule has 0 bridgehead atoms. The van der Waals surface area contributed by atoms with Crippen LogP contribution < -0.4 is 5.32 Å². The van der Waals surface area contributed by atoms with Crippen molar-refractivity contribution >= 4 is 5.91 Å². The Morgan fingerprint density at radius 1 is 1.09 bits per heavy atom. The molecular weight excluding hydrogens is 407 g/mol. The van der Waals surface area contributed by atoms with Gasteiger partial charge >= 0.3 is 0 Å². The monoisotopic (exact) mass is 436 g/mol. The number of benzene rings is 2. The molecule has 32 heavy (non-hydrogen) atoms. The summed E-state index contributed by atoms with van der Waals surface area (Å²) in [6, 6.07) is 14.8. The van der Waals surface area contributed by atoms with Gasteiger partial charge < -0.3 is 14.6 Å². The Morgan fingerprint density at radius 3 is 2.69 bits per heavy atom. The first kappa shape index (κ1) is 22.2. The van der Waals surface area contributed by atoms with E-state index in [0.29, 0.717) is 30.2 Å². The molecule has 1 saturated heterocycles. The van der Waals surface area contributed by atoms with E-state index < -0.39 is 0 Å². The molecule has 1 fully saturated rings. The summed E-state index contributed by atoms with van der Waals surface area (Å²) in [7, 11) is 2.16. The van der Waals surface area contributed by atoms with Crippen LogP contribution in [-0.2, 0) is 24.3 Å². The Labute approximate surface area is 188 Å². The van der Waals surface area contributed by atoms with Crippen LogP contribution in [0.3, 0.4) is 0 Å². The van der Waals surface area contributed by atoms with Crippen molar-refractivity contribution in [2.24, 2.45) is 0 Å². The van der Waals surface area contributed by atoms with Crippen LogP contribution >= 0.6 is 0 Å². The van der Waals surface area contributed by atoms with E-state index in [2.05, 4.69) is 39.3 Å². The van der Waals surface area contributed by atoms with Crippen LogP contribution in [0.15, 0.2) is 59.1 Å². The van der Waals surface area contributed by atoms with Gasteiger partial charge in [-0.15, -0.1) is 0 Å². The summed E-state index contributed by atoms with van der Waals surface area (Å²) in [6.07, 6.45) is 2.12. The lowest BCUT2D eigenvalue weighted by Gasteiger charge is -2.32. The third-order valence-electron chi connectivity index (χ3n) is 5.74. The van der Waals surface area contributed by atoms with Gasteiger partial charge in [0, 0.05) is 52.1 Å². The number of piperazine rings is 1. The van der Waals surface area contributed by atoms with Gasteiger partial charge in [-0.1, -0.05) is 36.4 Å². The fraction of sp³-hybridized carbons (Fsp3) is 0.360. The highest BCUT2D eigenvalue weighted by molar-refractivity contribution is 5.76. The maximum absolute atomic E-state index is 13.9. The number of oxazole rings is 1. The largest absolute Gasteiger partial charge is 0.441 e. The van der Waals surface area contributed by atoms with E-state index in [1.807, 2.05) is 12.1 Å². The molecule has 2 aromatic carbocycles. The van der Waals surface area contributed by atoms with Crippen molar-refractivity contribution in [1.82, 2.24) is 20.1 Å². The van der Waals surface area contributed by atoms with Crippen molar-refractivity contribution in [3.05, 3.63) is 77.6 Å². The molecule has 1 aliphatic rings. The van der Waals surface area contributed by atoms with E-state index in [0.717, 1.165) is 38.3 Å². The molecule has 7 heteroatoms. The molecule has 1 amide bonds. The van der Waals surface area contributed by atoms with Crippen LogP contribution in [0.1, 0.15) is 23.4 Å². The van der Waals surface area contributed by atoms with Gasteiger partial charge in [-0.2, -0.15) is 0 Å². The first-order valence-electron chi connectivity index (χ1n) is 11.0. The third-order valence-corrected chi connectivity index (χ3v) is 5.74. The lowest BCUT2D eigenvalue weighted by Crippen LogP contribution is -2.43. The van der Waals surface area contributed by atoms with Crippen molar-refractivity contribution in [2.75, 3.05) is 33.2 Å². The molecule has 0 spiro atoms. The fourth-order valence-electron chi connectivity index (χ4n) is 3.82. The van der Waals surface area contributed by atoms with Gasteiger partial charge in [0.25, 0.3) is 0 Å². The Balaban J connectivity index is 1.24. The number of aryl methyl sites for hydroxylation is 1. The van der Waals surface area contributed by atoms with Gasteiger partial charge in [0.2, 0.25) is 5.91 Å². The van der Waals surface area contributed by atoms with Crippen LogP contribution in [0.2, 0.25) is 0 Å². The van der Waals surface area contributed by atoms with Gasteiger partial charge in [0.15, 0.2) is 11.7 Å². The fourth-order valence-corrected chi connectivity index (χ4v) is 3.82. The summed E-state index contributed by atoms with van der Waals surface area (Å²) in [4.78, 5) is 21.3. The second kappa shape index (κ2) is 10.5. The molecule has 4 rings (SSSR count). The minimum Gasteiger partial charge on any atom is -0.441 e. The van der Waals surface area contributed by atoms with Crippen molar-refractivity contribution in [3.63, 3.8) is 0 Å². The zero-order valence-electron chi connectivity index (χ0n) is 18.4. The first-order valence-corrected chi connectivity index (χ1v) is 11.0. The molecule has 1 N–H and O–H groups in total. The summed E-state index contributed by atoms with van der Waals surface area (Å²) in [6.45, 7) is 5.78. The minimum absolute atomic E-state index is 0.0693. The van der Waals surface area contributed by atoms with E-state index in [9.17, 15) is 9.18 Å². The van der Waals surface area contributed by atoms with Gasteiger partial charge in [-0.05, 0) is 30.3 Å². The van der Waals surface area contributed by atoms with E-state index in [1.54, 1.807) is 18.2 Å². The van der Waals surface area contributed by atoms with Crippen molar-refractivity contribution < 1.29 is 13.6 Å². The Morgan fingerprint density at radius 2 is 1.88 bits per heavy atom. The highest BCUT2D eigenvalue weighted by Crippen LogP contribution is 2.23. The van der Waals surface area contributed by atoms with Gasteiger partial charge in [0.1, 0.15) is 5.82 Å². The molecule has 0 saturated carbocycles.